The summed E-state index contributed by atoms with van der Waals surface area (Å²) < 4.78 is 5.32. The molecule has 0 spiro atoms. The average Bonchev–Trinajstić information content (AvgIpc) is 2.62. The Morgan fingerprint density at radius 3 is 2.42 bits per heavy atom. The molecule has 0 aliphatic rings. The summed E-state index contributed by atoms with van der Waals surface area (Å²) in [5, 5.41) is 2.87. The number of hydrogen-bond donors (Lipinski definition) is 1. The number of nitrogens with one attached hydrogen (secondary N) is 1. The van der Waals surface area contributed by atoms with Crippen LogP contribution in [0.3, 0.4) is 0 Å². The second kappa shape index (κ2) is 8.72. The molecule has 0 atom stereocenters. The second-order valence-electron chi connectivity index (χ2n) is 5.37. The van der Waals surface area contributed by atoms with Crippen molar-refractivity contribution in [3.8, 4) is 5.75 Å². The Morgan fingerprint density at radius 2 is 1.71 bits per heavy atom. The molecule has 2 rings (SSSR count). The van der Waals surface area contributed by atoms with Crippen molar-refractivity contribution >= 4 is 17.7 Å². The van der Waals surface area contributed by atoms with E-state index in [1.807, 2.05) is 6.07 Å². The number of rotatable bonds is 6. The van der Waals surface area contributed by atoms with Crippen LogP contribution in [0.1, 0.15) is 30.1 Å². The Balaban J connectivity index is 2.12. The summed E-state index contributed by atoms with van der Waals surface area (Å²) >= 11 is 0. The van der Waals surface area contributed by atoms with Gasteiger partial charge in [-0.25, -0.2) is 4.79 Å². The fraction of sp³-hybridized carbons (Fsp3) is 0.263. The van der Waals surface area contributed by atoms with Crippen molar-refractivity contribution in [2.24, 2.45) is 0 Å². The number of ether oxygens (including phenoxy) is 1. The molecule has 126 valence electrons. The molecule has 2 aromatic carbocycles. The average molecular weight is 326 g/mol. The Morgan fingerprint density at radius 1 is 1.04 bits per heavy atom. The normalized spacial score (nSPS) is 10.1. The van der Waals surface area contributed by atoms with Gasteiger partial charge in [0.25, 0.3) is 5.91 Å². The SMILES string of the molecule is CCCCNC(=O)c1ccccc1N(C)C(=O)Oc1ccccc1. The maximum atomic E-state index is 12.3. The highest BCUT2D eigenvalue weighted by atomic mass is 16.6. The summed E-state index contributed by atoms with van der Waals surface area (Å²) in [6.45, 7) is 2.68. The van der Waals surface area contributed by atoms with Crippen molar-refractivity contribution in [1.82, 2.24) is 5.32 Å². The lowest BCUT2D eigenvalue weighted by Crippen LogP contribution is -2.32. The first-order chi connectivity index (χ1) is 11.6. The highest BCUT2D eigenvalue weighted by Gasteiger charge is 2.19. The molecule has 2 aromatic rings. The van der Waals surface area contributed by atoms with E-state index in [1.54, 1.807) is 55.6 Å². The zero-order chi connectivity index (χ0) is 17.4. The minimum atomic E-state index is -0.546. The molecule has 5 heteroatoms. The number of benzene rings is 2. The summed E-state index contributed by atoms with van der Waals surface area (Å²) in [7, 11) is 1.59. The summed E-state index contributed by atoms with van der Waals surface area (Å²) in [5.74, 6) is 0.262. The number of nitrogens with zero attached hydrogens (tertiary/aromatic N) is 1. The Bertz CT molecular complexity index is 686. The van der Waals surface area contributed by atoms with Crippen LogP contribution in [0.2, 0.25) is 0 Å². The lowest BCUT2D eigenvalue weighted by atomic mass is 10.1. The van der Waals surface area contributed by atoms with E-state index in [4.69, 9.17) is 4.74 Å². The maximum absolute atomic E-state index is 12.3. The maximum Gasteiger partial charge on any atom is 0.419 e. The molecule has 0 saturated carbocycles. The van der Waals surface area contributed by atoms with Crippen molar-refractivity contribution in [2.45, 2.75) is 19.8 Å². The van der Waals surface area contributed by atoms with Gasteiger partial charge in [-0.15, -0.1) is 0 Å². The van der Waals surface area contributed by atoms with Gasteiger partial charge in [0.2, 0.25) is 0 Å². The molecule has 0 aromatic heterocycles. The van der Waals surface area contributed by atoms with Crippen LogP contribution in [-0.4, -0.2) is 25.6 Å². The van der Waals surface area contributed by atoms with E-state index in [0.29, 0.717) is 23.5 Å². The molecule has 0 fully saturated rings. The Labute approximate surface area is 142 Å². The van der Waals surface area contributed by atoms with Crippen LogP contribution in [0.25, 0.3) is 0 Å². The van der Waals surface area contributed by atoms with E-state index < -0.39 is 6.09 Å². The summed E-state index contributed by atoms with van der Waals surface area (Å²) in [4.78, 5) is 26.0. The van der Waals surface area contributed by atoms with Crippen LogP contribution in [0, 0.1) is 0 Å². The Hall–Kier alpha value is -2.82. The summed E-state index contributed by atoms with van der Waals surface area (Å²) in [6, 6.07) is 15.8. The lowest BCUT2D eigenvalue weighted by Gasteiger charge is -2.20. The van der Waals surface area contributed by atoms with E-state index in [1.165, 1.54) is 4.90 Å². The first kappa shape index (κ1) is 17.5. The van der Waals surface area contributed by atoms with Gasteiger partial charge < -0.3 is 10.1 Å². The number of amides is 2. The van der Waals surface area contributed by atoms with Gasteiger partial charge >= 0.3 is 6.09 Å². The van der Waals surface area contributed by atoms with Crippen LogP contribution in [0.15, 0.2) is 54.6 Å². The molecular weight excluding hydrogens is 304 g/mol. The van der Waals surface area contributed by atoms with Gasteiger partial charge in [-0.05, 0) is 30.7 Å². The first-order valence-corrected chi connectivity index (χ1v) is 8.01. The molecule has 0 heterocycles. The van der Waals surface area contributed by atoms with E-state index in [-0.39, 0.29) is 5.91 Å². The van der Waals surface area contributed by atoms with Gasteiger partial charge in [-0.3, -0.25) is 9.69 Å². The molecule has 0 saturated heterocycles. The van der Waals surface area contributed by atoms with Crippen LogP contribution < -0.4 is 15.0 Å². The molecule has 0 aliphatic carbocycles. The van der Waals surface area contributed by atoms with Gasteiger partial charge in [0.05, 0.1) is 11.3 Å². The minimum absolute atomic E-state index is 0.196. The molecule has 24 heavy (non-hydrogen) atoms. The van der Waals surface area contributed by atoms with Gasteiger partial charge in [-0.1, -0.05) is 43.7 Å². The number of carbonyl (C=O) groups excluding carboxylic acids is 2. The fourth-order valence-corrected chi connectivity index (χ4v) is 2.19. The molecule has 0 bridgehead atoms. The number of carbonyl (C=O) groups is 2. The molecule has 0 aliphatic heterocycles. The second-order valence-corrected chi connectivity index (χ2v) is 5.37. The zero-order valence-corrected chi connectivity index (χ0v) is 14.0. The van der Waals surface area contributed by atoms with Crippen LogP contribution in [0.4, 0.5) is 10.5 Å². The predicted molar refractivity (Wildman–Crippen MR) is 94.6 cm³/mol. The Kier molecular flexibility index (Phi) is 6.37. The number of para-hydroxylation sites is 2. The van der Waals surface area contributed by atoms with E-state index in [0.717, 1.165) is 12.8 Å². The molecule has 0 unspecified atom stereocenters. The van der Waals surface area contributed by atoms with Crippen molar-refractivity contribution in [3.63, 3.8) is 0 Å². The van der Waals surface area contributed by atoms with Crippen molar-refractivity contribution < 1.29 is 14.3 Å². The van der Waals surface area contributed by atoms with Crippen molar-refractivity contribution in [2.75, 3.05) is 18.5 Å². The van der Waals surface area contributed by atoms with E-state index >= 15 is 0 Å². The third-order valence-electron chi connectivity index (χ3n) is 3.55. The molecule has 2 amide bonds. The molecular formula is C19H22N2O3. The van der Waals surface area contributed by atoms with Gasteiger partial charge in [0.1, 0.15) is 5.75 Å². The van der Waals surface area contributed by atoms with Gasteiger partial charge in [-0.2, -0.15) is 0 Å². The minimum Gasteiger partial charge on any atom is -0.410 e. The summed E-state index contributed by atoms with van der Waals surface area (Å²) in [6.07, 6.45) is 1.38. The molecule has 1 N–H and O–H groups in total. The van der Waals surface area contributed by atoms with Crippen molar-refractivity contribution in [1.29, 1.82) is 0 Å². The largest absolute Gasteiger partial charge is 0.419 e. The molecule has 5 nitrogen and oxygen atoms in total. The number of unbranched alkanes of at least 4 members (excludes halogenated alkanes) is 1. The van der Waals surface area contributed by atoms with E-state index in [2.05, 4.69) is 12.2 Å². The van der Waals surface area contributed by atoms with E-state index in [9.17, 15) is 9.59 Å². The molecule has 0 radical (unpaired) electrons. The predicted octanol–water partition coefficient (Wildman–Crippen LogP) is 3.85. The van der Waals surface area contributed by atoms with Crippen molar-refractivity contribution in [3.05, 3.63) is 60.2 Å². The van der Waals surface area contributed by atoms with Crippen LogP contribution in [-0.2, 0) is 0 Å². The highest BCUT2D eigenvalue weighted by molar-refractivity contribution is 6.03. The fourth-order valence-electron chi connectivity index (χ4n) is 2.19. The van der Waals surface area contributed by atoms with Gasteiger partial charge in [0, 0.05) is 13.6 Å². The van der Waals surface area contributed by atoms with Crippen LogP contribution >= 0.6 is 0 Å². The number of hydrogen-bond acceptors (Lipinski definition) is 3. The lowest BCUT2D eigenvalue weighted by molar-refractivity contribution is 0.0954. The third kappa shape index (κ3) is 4.59. The van der Waals surface area contributed by atoms with Gasteiger partial charge in [0.15, 0.2) is 0 Å². The monoisotopic (exact) mass is 326 g/mol. The van der Waals surface area contributed by atoms with Crippen LogP contribution in [0.5, 0.6) is 5.75 Å². The standard InChI is InChI=1S/C19H22N2O3/c1-3-4-14-20-18(22)16-12-8-9-13-17(16)21(2)19(23)24-15-10-6-5-7-11-15/h5-13H,3-4,14H2,1-2H3,(H,20,22). The topological polar surface area (TPSA) is 58.6 Å². The highest BCUT2D eigenvalue weighted by Crippen LogP contribution is 2.21. The zero-order valence-electron chi connectivity index (χ0n) is 14.0. The third-order valence-corrected chi connectivity index (χ3v) is 3.55. The number of anilines is 1. The summed E-state index contributed by atoms with van der Waals surface area (Å²) in [5.41, 5.74) is 0.952. The smallest absolute Gasteiger partial charge is 0.410 e. The quantitative estimate of drug-likeness (QED) is 0.820. The first-order valence-electron chi connectivity index (χ1n) is 8.01.